The molecule has 3 aromatic carbocycles. The van der Waals surface area contributed by atoms with Gasteiger partial charge in [-0.15, -0.1) is 23.2 Å². The molecule has 0 amide bonds. The first-order valence-electron chi connectivity index (χ1n) is 8.75. The molecule has 5 aromatic rings. The molecule has 0 unspecified atom stereocenters. The molecule has 0 bridgehead atoms. The fourth-order valence-electron chi connectivity index (χ4n) is 3.07. The van der Waals surface area contributed by atoms with E-state index in [1.165, 1.54) is 0 Å². The minimum absolute atomic E-state index is 0.479. The number of rotatable bonds is 4. The zero-order valence-corrected chi connectivity index (χ0v) is 16.2. The first-order valence-corrected chi connectivity index (χ1v) is 9.82. The lowest BCUT2D eigenvalue weighted by Crippen LogP contribution is -1.80. The summed E-state index contributed by atoms with van der Waals surface area (Å²) < 4.78 is 11.9. The summed E-state index contributed by atoms with van der Waals surface area (Å²) in [4.78, 5) is 9.19. The minimum Gasteiger partial charge on any atom is -0.436 e. The quantitative estimate of drug-likeness (QED) is 0.307. The minimum atomic E-state index is 0.479. The number of hydrogen-bond acceptors (Lipinski definition) is 4. The van der Waals surface area contributed by atoms with E-state index in [4.69, 9.17) is 32.0 Å². The Morgan fingerprint density at radius 1 is 0.607 bits per heavy atom. The fraction of sp³-hybridized carbons (Fsp3) is 0.0909. The maximum absolute atomic E-state index is 5.93. The number of aromatic nitrogens is 2. The van der Waals surface area contributed by atoms with E-state index >= 15 is 0 Å². The van der Waals surface area contributed by atoms with Crippen LogP contribution in [0.15, 0.2) is 69.5 Å². The lowest BCUT2D eigenvalue weighted by atomic mass is 10.1. The average molecular weight is 409 g/mol. The van der Waals surface area contributed by atoms with Crippen LogP contribution >= 0.6 is 23.2 Å². The lowest BCUT2D eigenvalue weighted by molar-refractivity contribution is 0.609. The zero-order valence-electron chi connectivity index (χ0n) is 14.7. The Labute approximate surface area is 170 Å². The van der Waals surface area contributed by atoms with Gasteiger partial charge in [-0.3, -0.25) is 0 Å². The molecular formula is C22H14Cl2N2O2. The Bertz CT molecular complexity index is 1120. The Morgan fingerprint density at radius 3 is 1.43 bits per heavy atom. The van der Waals surface area contributed by atoms with Gasteiger partial charge in [-0.1, -0.05) is 24.3 Å². The molecule has 2 heterocycles. The van der Waals surface area contributed by atoms with E-state index in [9.17, 15) is 0 Å². The topological polar surface area (TPSA) is 52.1 Å². The molecule has 0 saturated carbocycles. The van der Waals surface area contributed by atoms with E-state index in [-0.39, 0.29) is 0 Å². The highest BCUT2D eigenvalue weighted by Crippen LogP contribution is 2.31. The SMILES string of the molecule is ClCc1ccc(-c2nc3cc4nc(-c5ccc(CCl)cc5)oc4cc3o2)cc1. The van der Waals surface area contributed by atoms with Crippen LogP contribution in [0, 0.1) is 0 Å². The van der Waals surface area contributed by atoms with E-state index in [1.807, 2.05) is 60.7 Å². The van der Waals surface area contributed by atoms with Gasteiger partial charge in [-0.2, -0.15) is 0 Å². The van der Waals surface area contributed by atoms with Crippen LogP contribution in [0.5, 0.6) is 0 Å². The van der Waals surface area contributed by atoms with Crippen LogP contribution in [0.4, 0.5) is 0 Å². The van der Waals surface area contributed by atoms with Gasteiger partial charge in [0, 0.05) is 29.0 Å². The summed E-state index contributed by atoms with van der Waals surface area (Å²) >= 11 is 11.7. The maximum atomic E-state index is 5.93. The van der Waals surface area contributed by atoms with Gasteiger partial charge >= 0.3 is 0 Å². The molecule has 0 aliphatic heterocycles. The van der Waals surface area contributed by atoms with Crippen LogP contribution in [0.25, 0.3) is 45.1 Å². The summed E-state index contributed by atoms with van der Waals surface area (Å²) in [6.45, 7) is 0. The normalized spacial score (nSPS) is 11.5. The van der Waals surface area contributed by atoms with E-state index in [0.717, 1.165) is 33.3 Å². The van der Waals surface area contributed by atoms with Gasteiger partial charge < -0.3 is 8.83 Å². The second-order valence-electron chi connectivity index (χ2n) is 6.49. The molecule has 0 aliphatic rings. The highest BCUT2D eigenvalue weighted by Gasteiger charge is 2.14. The first kappa shape index (κ1) is 17.3. The fourth-order valence-corrected chi connectivity index (χ4v) is 3.43. The molecule has 0 N–H and O–H groups in total. The van der Waals surface area contributed by atoms with Gasteiger partial charge in [0.15, 0.2) is 11.2 Å². The van der Waals surface area contributed by atoms with Crippen LogP contribution in [-0.2, 0) is 11.8 Å². The molecule has 0 radical (unpaired) electrons. The number of alkyl halides is 2. The summed E-state index contributed by atoms with van der Waals surface area (Å²) in [5.41, 5.74) is 6.69. The zero-order chi connectivity index (χ0) is 19.1. The molecular weight excluding hydrogens is 395 g/mol. The summed E-state index contributed by atoms with van der Waals surface area (Å²) in [5.74, 6) is 2.07. The van der Waals surface area contributed by atoms with E-state index in [2.05, 4.69) is 9.97 Å². The molecule has 0 atom stereocenters. The van der Waals surface area contributed by atoms with Crippen molar-refractivity contribution in [2.24, 2.45) is 0 Å². The Hall–Kier alpha value is -2.82. The van der Waals surface area contributed by atoms with Crippen LogP contribution < -0.4 is 0 Å². The van der Waals surface area contributed by atoms with Crippen molar-refractivity contribution in [3.63, 3.8) is 0 Å². The number of oxazole rings is 2. The Morgan fingerprint density at radius 2 is 1.04 bits per heavy atom. The second-order valence-corrected chi connectivity index (χ2v) is 7.02. The predicted octanol–water partition coefficient (Wildman–Crippen LogP) is 6.78. The highest BCUT2D eigenvalue weighted by molar-refractivity contribution is 6.17. The largest absolute Gasteiger partial charge is 0.436 e. The molecule has 0 aliphatic carbocycles. The van der Waals surface area contributed by atoms with Gasteiger partial charge in [-0.25, -0.2) is 9.97 Å². The highest BCUT2D eigenvalue weighted by atomic mass is 35.5. The summed E-state index contributed by atoms with van der Waals surface area (Å²) in [5, 5.41) is 0. The number of fused-ring (bicyclic) bond motifs is 2. The smallest absolute Gasteiger partial charge is 0.227 e. The average Bonchev–Trinajstić information content (AvgIpc) is 3.35. The molecule has 2 aromatic heterocycles. The Balaban J connectivity index is 1.54. The summed E-state index contributed by atoms with van der Waals surface area (Å²) in [7, 11) is 0. The van der Waals surface area contributed by atoms with Gasteiger partial charge in [0.25, 0.3) is 0 Å². The molecule has 4 nitrogen and oxygen atoms in total. The molecule has 28 heavy (non-hydrogen) atoms. The van der Waals surface area contributed by atoms with Crippen molar-refractivity contribution in [1.29, 1.82) is 0 Å². The molecule has 0 saturated heterocycles. The van der Waals surface area contributed by atoms with Crippen molar-refractivity contribution in [3.05, 3.63) is 71.8 Å². The van der Waals surface area contributed by atoms with Crippen molar-refractivity contribution in [2.45, 2.75) is 11.8 Å². The van der Waals surface area contributed by atoms with Crippen molar-refractivity contribution in [1.82, 2.24) is 9.97 Å². The van der Waals surface area contributed by atoms with Crippen molar-refractivity contribution < 1.29 is 8.83 Å². The van der Waals surface area contributed by atoms with Gasteiger partial charge in [0.1, 0.15) is 11.0 Å². The summed E-state index contributed by atoms with van der Waals surface area (Å²) in [6, 6.07) is 19.4. The number of halogens is 2. The molecule has 0 spiro atoms. The lowest BCUT2D eigenvalue weighted by Gasteiger charge is -1.97. The van der Waals surface area contributed by atoms with Crippen molar-refractivity contribution in [3.8, 4) is 22.9 Å². The van der Waals surface area contributed by atoms with E-state index in [1.54, 1.807) is 0 Å². The van der Waals surface area contributed by atoms with E-state index in [0.29, 0.717) is 34.7 Å². The molecule has 6 heteroatoms. The standard InChI is InChI=1S/C22H14Cl2N2O2/c23-11-13-1-5-15(6-2-13)21-25-17-9-18-20(10-19(17)27-21)28-22(26-18)16-7-3-14(12-24)4-8-16/h1-10H,11-12H2. The van der Waals surface area contributed by atoms with Gasteiger partial charge in [0.2, 0.25) is 11.8 Å². The third-order valence-electron chi connectivity index (χ3n) is 4.61. The van der Waals surface area contributed by atoms with Gasteiger partial charge in [0.05, 0.1) is 0 Å². The van der Waals surface area contributed by atoms with Crippen LogP contribution in [0.2, 0.25) is 0 Å². The van der Waals surface area contributed by atoms with Crippen molar-refractivity contribution in [2.75, 3.05) is 0 Å². The number of nitrogens with zero attached hydrogens (tertiary/aromatic N) is 2. The summed E-state index contributed by atoms with van der Waals surface area (Å²) in [6.07, 6.45) is 0. The van der Waals surface area contributed by atoms with Gasteiger partial charge in [-0.05, 0) is 41.5 Å². The molecule has 138 valence electrons. The number of hydrogen-bond donors (Lipinski definition) is 0. The van der Waals surface area contributed by atoms with Crippen molar-refractivity contribution >= 4 is 45.4 Å². The second kappa shape index (κ2) is 6.97. The number of benzene rings is 3. The first-order chi connectivity index (χ1) is 13.7. The maximum Gasteiger partial charge on any atom is 0.227 e. The third-order valence-corrected chi connectivity index (χ3v) is 5.23. The molecule has 0 fully saturated rings. The van der Waals surface area contributed by atoms with E-state index < -0.39 is 0 Å². The van der Waals surface area contributed by atoms with Crippen LogP contribution in [0.1, 0.15) is 11.1 Å². The monoisotopic (exact) mass is 408 g/mol. The van der Waals surface area contributed by atoms with Crippen LogP contribution in [0.3, 0.4) is 0 Å². The van der Waals surface area contributed by atoms with Crippen LogP contribution in [-0.4, -0.2) is 9.97 Å². The predicted molar refractivity (Wildman–Crippen MR) is 112 cm³/mol. The third kappa shape index (κ3) is 3.05. The molecule has 5 rings (SSSR count). The Kier molecular flexibility index (Phi) is 4.30.